The summed E-state index contributed by atoms with van der Waals surface area (Å²) in [6.45, 7) is 5.99. The van der Waals surface area contributed by atoms with Gasteiger partial charge >= 0.3 is 0 Å². The maximum absolute atomic E-state index is 13.4. The summed E-state index contributed by atoms with van der Waals surface area (Å²) in [7, 11) is 0. The predicted octanol–water partition coefficient (Wildman–Crippen LogP) is 3.03. The molecule has 21 heavy (non-hydrogen) atoms. The van der Waals surface area contributed by atoms with Gasteiger partial charge in [0.2, 0.25) is 0 Å². The molecule has 0 unspecified atom stereocenters. The molecule has 0 radical (unpaired) electrons. The summed E-state index contributed by atoms with van der Waals surface area (Å²) in [5.74, 6) is -0.675. The number of hydrogen-bond acceptors (Lipinski definition) is 2. The van der Waals surface area contributed by atoms with E-state index in [1.807, 2.05) is 32.1 Å². The van der Waals surface area contributed by atoms with Gasteiger partial charge in [-0.2, -0.15) is 0 Å². The van der Waals surface area contributed by atoms with Gasteiger partial charge in [-0.25, -0.2) is 9.37 Å². The van der Waals surface area contributed by atoms with E-state index < -0.39 is 5.82 Å². The van der Waals surface area contributed by atoms with E-state index in [0.29, 0.717) is 23.6 Å². The molecule has 0 fully saturated rings. The lowest BCUT2D eigenvalue weighted by Crippen LogP contribution is -2.27. The second-order valence-corrected chi connectivity index (χ2v) is 4.67. The van der Waals surface area contributed by atoms with Crippen molar-refractivity contribution < 1.29 is 9.18 Å². The zero-order valence-electron chi connectivity index (χ0n) is 12.4. The molecule has 4 nitrogen and oxygen atoms in total. The minimum atomic E-state index is -0.406. The summed E-state index contributed by atoms with van der Waals surface area (Å²) in [6, 6.07) is 2.88. The monoisotopic (exact) mass is 287 g/mol. The number of nitrogens with zero attached hydrogens (tertiary/aromatic N) is 2. The van der Waals surface area contributed by atoms with Gasteiger partial charge in [0, 0.05) is 12.7 Å². The Bertz CT molecular complexity index is 728. The molecule has 0 saturated heterocycles. The van der Waals surface area contributed by atoms with Gasteiger partial charge in [0.25, 0.3) is 5.91 Å². The number of pyridine rings is 1. The van der Waals surface area contributed by atoms with Gasteiger partial charge in [0.1, 0.15) is 17.2 Å². The number of carbonyl (C=O) groups excluding carboxylic acids is 1. The Morgan fingerprint density at radius 1 is 1.43 bits per heavy atom. The second kappa shape index (κ2) is 6.35. The van der Waals surface area contributed by atoms with Crippen LogP contribution in [0.4, 0.5) is 4.39 Å². The molecule has 0 spiro atoms. The molecule has 0 aliphatic rings. The number of rotatable bonds is 4. The third-order valence-electron chi connectivity index (χ3n) is 3.18. The van der Waals surface area contributed by atoms with Crippen LogP contribution < -0.4 is 5.32 Å². The quantitative estimate of drug-likeness (QED) is 0.879. The van der Waals surface area contributed by atoms with Crippen LogP contribution in [0.2, 0.25) is 0 Å². The minimum absolute atomic E-state index is 0.269. The standard InChI is InChI=1S/C16H18FN3O/c1-4-6-12(5-2)9-18-16(21)15-11(3)19-14-8-7-13(17)10-20(14)15/h4-8,10H,9H2,1-3H3,(H,18,21)/b6-4-,12-5+. The Morgan fingerprint density at radius 2 is 2.19 bits per heavy atom. The third kappa shape index (κ3) is 3.18. The number of carbonyl (C=O) groups is 1. The molecule has 0 aromatic carbocycles. The van der Waals surface area contributed by atoms with Crippen LogP contribution in [0.3, 0.4) is 0 Å². The van der Waals surface area contributed by atoms with Crippen LogP contribution in [0.1, 0.15) is 30.0 Å². The molecule has 0 aliphatic heterocycles. The molecule has 0 saturated carbocycles. The molecular formula is C16H18FN3O. The highest BCUT2D eigenvalue weighted by Crippen LogP contribution is 2.13. The van der Waals surface area contributed by atoms with Gasteiger partial charge < -0.3 is 5.32 Å². The topological polar surface area (TPSA) is 46.4 Å². The van der Waals surface area contributed by atoms with Crippen LogP contribution in [-0.4, -0.2) is 21.8 Å². The number of aryl methyl sites for hydroxylation is 1. The van der Waals surface area contributed by atoms with E-state index in [9.17, 15) is 9.18 Å². The Hall–Kier alpha value is -2.43. The first-order valence-corrected chi connectivity index (χ1v) is 6.77. The van der Waals surface area contributed by atoms with Crippen LogP contribution in [0.25, 0.3) is 5.65 Å². The molecule has 2 aromatic rings. The molecule has 2 rings (SSSR count). The first kappa shape index (κ1) is 15.0. The third-order valence-corrected chi connectivity index (χ3v) is 3.18. The molecule has 2 aromatic heterocycles. The summed E-state index contributed by atoms with van der Waals surface area (Å²) in [4.78, 5) is 16.6. The largest absolute Gasteiger partial charge is 0.347 e. The van der Waals surface area contributed by atoms with Crippen LogP contribution >= 0.6 is 0 Å². The van der Waals surface area contributed by atoms with Gasteiger partial charge in [0.05, 0.1) is 5.69 Å². The minimum Gasteiger partial charge on any atom is -0.347 e. The average molecular weight is 287 g/mol. The number of fused-ring (bicyclic) bond motifs is 1. The van der Waals surface area contributed by atoms with Crippen molar-refractivity contribution >= 4 is 11.6 Å². The van der Waals surface area contributed by atoms with E-state index in [1.54, 1.807) is 13.0 Å². The van der Waals surface area contributed by atoms with Crippen molar-refractivity contribution in [3.8, 4) is 0 Å². The average Bonchev–Trinajstić information content (AvgIpc) is 2.78. The summed E-state index contributed by atoms with van der Waals surface area (Å²) >= 11 is 0. The van der Waals surface area contributed by atoms with Gasteiger partial charge in [-0.1, -0.05) is 18.2 Å². The number of nitrogens with one attached hydrogen (secondary N) is 1. The highest BCUT2D eigenvalue weighted by atomic mass is 19.1. The highest BCUT2D eigenvalue weighted by molar-refractivity contribution is 5.94. The fourth-order valence-corrected chi connectivity index (χ4v) is 2.15. The van der Waals surface area contributed by atoms with E-state index in [2.05, 4.69) is 10.3 Å². The number of imidazole rings is 1. The lowest BCUT2D eigenvalue weighted by atomic mass is 10.2. The lowest BCUT2D eigenvalue weighted by Gasteiger charge is -2.06. The van der Waals surface area contributed by atoms with Gasteiger partial charge in [-0.15, -0.1) is 0 Å². The molecule has 0 atom stereocenters. The molecule has 0 bridgehead atoms. The first-order valence-electron chi connectivity index (χ1n) is 6.77. The van der Waals surface area contributed by atoms with Crippen molar-refractivity contribution in [1.29, 1.82) is 0 Å². The first-order chi connectivity index (χ1) is 10.1. The summed E-state index contributed by atoms with van der Waals surface area (Å²) < 4.78 is 14.8. The number of halogens is 1. The number of amides is 1. The van der Waals surface area contributed by atoms with E-state index in [-0.39, 0.29) is 5.91 Å². The van der Waals surface area contributed by atoms with Crippen molar-refractivity contribution in [2.75, 3.05) is 6.54 Å². The van der Waals surface area contributed by atoms with Crippen molar-refractivity contribution in [3.05, 3.63) is 59.3 Å². The molecule has 0 aliphatic carbocycles. The van der Waals surface area contributed by atoms with Crippen LogP contribution in [-0.2, 0) is 0 Å². The lowest BCUT2D eigenvalue weighted by molar-refractivity contribution is 0.0950. The van der Waals surface area contributed by atoms with E-state index in [4.69, 9.17) is 0 Å². The zero-order valence-corrected chi connectivity index (χ0v) is 12.4. The molecule has 1 amide bonds. The Kier molecular flexibility index (Phi) is 4.52. The second-order valence-electron chi connectivity index (χ2n) is 4.67. The Balaban J connectivity index is 2.27. The van der Waals surface area contributed by atoms with Crippen molar-refractivity contribution in [1.82, 2.24) is 14.7 Å². The van der Waals surface area contributed by atoms with Crippen molar-refractivity contribution in [3.63, 3.8) is 0 Å². The molecule has 5 heteroatoms. The summed E-state index contributed by atoms with van der Waals surface area (Å²) in [6.07, 6.45) is 7.05. The normalized spacial score (nSPS) is 12.3. The number of aromatic nitrogens is 2. The van der Waals surface area contributed by atoms with Crippen molar-refractivity contribution in [2.45, 2.75) is 20.8 Å². The molecule has 1 N–H and O–H groups in total. The Labute approximate surface area is 123 Å². The van der Waals surface area contributed by atoms with Crippen LogP contribution in [0.15, 0.2) is 42.1 Å². The SMILES string of the molecule is C/C=C\C(=C/C)CNC(=O)c1c(C)nc2ccc(F)cn12. The summed E-state index contributed by atoms with van der Waals surface area (Å²) in [5.41, 5.74) is 2.49. The van der Waals surface area contributed by atoms with E-state index in [1.165, 1.54) is 16.7 Å². The highest BCUT2D eigenvalue weighted by Gasteiger charge is 2.16. The number of hydrogen-bond donors (Lipinski definition) is 1. The number of allylic oxidation sites excluding steroid dienone is 2. The molecule has 2 heterocycles. The van der Waals surface area contributed by atoms with Gasteiger partial charge in [0.15, 0.2) is 0 Å². The van der Waals surface area contributed by atoms with E-state index in [0.717, 1.165) is 5.57 Å². The predicted molar refractivity (Wildman–Crippen MR) is 80.8 cm³/mol. The van der Waals surface area contributed by atoms with Crippen LogP contribution in [0.5, 0.6) is 0 Å². The smallest absolute Gasteiger partial charge is 0.270 e. The van der Waals surface area contributed by atoms with E-state index >= 15 is 0 Å². The maximum Gasteiger partial charge on any atom is 0.270 e. The Morgan fingerprint density at radius 3 is 2.86 bits per heavy atom. The summed E-state index contributed by atoms with van der Waals surface area (Å²) in [5, 5.41) is 2.83. The van der Waals surface area contributed by atoms with Gasteiger partial charge in [-0.3, -0.25) is 9.20 Å². The zero-order chi connectivity index (χ0) is 15.4. The maximum atomic E-state index is 13.4. The van der Waals surface area contributed by atoms with Crippen molar-refractivity contribution in [2.24, 2.45) is 0 Å². The molecular weight excluding hydrogens is 269 g/mol. The van der Waals surface area contributed by atoms with Crippen LogP contribution in [0, 0.1) is 12.7 Å². The fourth-order valence-electron chi connectivity index (χ4n) is 2.15. The van der Waals surface area contributed by atoms with Gasteiger partial charge in [-0.05, 0) is 38.5 Å². The fraction of sp³-hybridized carbons (Fsp3) is 0.250. The molecule has 110 valence electrons.